The summed E-state index contributed by atoms with van der Waals surface area (Å²) in [5, 5.41) is 11.4. The minimum atomic E-state index is -4.45. The van der Waals surface area contributed by atoms with Crippen LogP contribution in [0.25, 0.3) is 0 Å². The van der Waals surface area contributed by atoms with E-state index in [2.05, 4.69) is 20.5 Å². The van der Waals surface area contributed by atoms with Crippen molar-refractivity contribution in [1.82, 2.24) is 4.98 Å². The average Bonchev–Trinajstić information content (AvgIpc) is 2.66. The third-order valence-electron chi connectivity index (χ3n) is 3.47. The summed E-state index contributed by atoms with van der Waals surface area (Å²) in [4.78, 5) is 3.95. The predicted octanol–water partition coefficient (Wildman–Crippen LogP) is 4.01. The van der Waals surface area contributed by atoms with Crippen LogP contribution in [-0.2, 0) is 16.7 Å². The van der Waals surface area contributed by atoms with Gasteiger partial charge in [-0.25, -0.2) is 8.42 Å². The van der Waals surface area contributed by atoms with Crippen LogP contribution in [0.5, 0.6) is 0 Å². The van der Waals surface area contributed by atoms with Crippen LogP contribution in [-0.4, -0.2) is 18.0 Å². The van der Waals surface area contributed by atoms with Gasteiger partial charge in [0.05, 0.1) is 28.5 Å². The lowest BCUT2D eigenvalue weighted by Gasteiger charge is -2.06. The van der Waals surface area contributed by atoms with Crippen LogP contribution in [0.3, 0.4) is 0 Å². The highest BCUT2D eigenvalue weighted by molar-refractivity contribution is 7.85. The molecular formula is C18H15N4O3S-. The fraction of sp³-hybridized carbons (Fsp3) is 0.0556. The van der Waals surface area contributed by atoms with Gasteiger partial charge in [0.15, 0.2) is 0 Å². The molecule has 1 N–H and O–H groups in total. The molecule has 3 aromatic rings. The molecule has 0 aliphatic heterocycles. The average molecular weight is 367 g/mol. The van der Waals surface area contributed by atoms with Gasteiger partial charge in [0.25, 0.3) is 0 Å². The molecule has 7 nitrogen and oxygen atoms in total. The van der Waals surface area contributed by atoms with Crippen molar-refractivity contribution in [1.29, 1.82) is 0 Å². The Kier molecular flexibility index (Phi) is 5.35. The van der Waals surface area contributed by atoms with Crippen molar-refractivity contribution in [3.05, 3.63) is 78.6 Å². The Bertz CT molecular complexity index is 987. The van der Waals surface area contributed by atoms with Gasteiger partial charge in [-0.1, -0.05) is 6.07 Å². The Morgan fingerprint density at radius 1 is 0.885 bits per heavy atom. The van der Waals surface area contributed by atoms with E-state index in [4.69, 9.17) is 0 Å². The zero-order valence-corrected chi connectivity index (χ0v) is 14.4. The molecular weight excluding hydrogens is 352 g/mol. The molecule has 1 aromatic heterocycles. The zero-order valence-electron chi connectivity index (χ0n) is 13.6. The van der Waals surface area contributed by atoms with Crippen molar-refractivity contribution in [2.45, 2.75) is 11.4 Å². The van der Waals surface area contributed by atoms with Gasteiger partial charge in [0, 0.05) is 11.9 Å². The van der Waals surface area contributed by atoms with E-state index in [0.717, 1.165) is 11.4 Å². The standard InChI is InChI=1S/C18H16N4O3S/c23-26(24,25)18-10-8-16(9-11-18)22-21-15-6-4-14(5-7-15)20-13-17-3-1-2-12-19-17/h1-12,20H,13H2,(H,23,24,25)/p-1. The number of anilines is 1. The van der Waals surface area contributed by atoms with Crippen LogP contribution in [0.4, 0.5) is 17.1 Å². The van der Waals surface area contributed by atoms with Crippen LogP contribution >= 0.6 is 0 Å². The smallest absolute Gasteiger partial charge is 0.124 e. The van der Waals surface area contributed by atoms with Crippen molar-refractivity contribution < 1.29 is 13.0 Å². The van der Waals surface area contributed by atoms with E-state index in [1.807, 2.05) is 30.3 Å². The largest absolute Gasteiger partial charge is 0.744 e. The maximum Gasteiger partial charge on any atom is 0.124 e. The summed E-state index contributed by atoms with van der Waals surface area (Å²) in [7, 11) is -4.45. The van der Waals surface area contributed by atoms with Gasteiger partial charge in [-0.05, 0) is 60.7 Å². The van der Waals surface area contributed by atoms with E-state index in [9.17, 15) is 13.0 Å². The van der Waals surface area contributed by atoms with Crippen molar-refractivity contribution in [2.24, 2.45) is 10.2 Å². The number of aromatic nitrogens is 1. The lowest BCUT2D eigenvalue weighted by atomic mass is 10.2. The van der Waals surface area contributed by atoms with E-state index in [0.29, 0.717) is 17.9 Å². The Hall–Kier alpha value is -3.10. The first-order valence-electron chi connectivity index (χ1n) is 7.72. The van der Waals surface area contributed by atoms with Gasteiger partial charge in [-0.2, -0.15) is 10.2 Å². The van der Waals surface area contributed by atoms with E-state index in [-0.39, 0.29) is 4.90 Å². The van der Waals surface area contributed by atoms with E-state index < -0.39 is 10.1 Å². The third kappa shape index (κ3) is 4.95. The summed E-state index contributed by atoms with van der Waals surface area (Å²) >= 11 is 0. The summed E-state index contributed by atoms with van der Waals surface area (Å²) < 4.78 is 32.6. The predicted molar refractivity (Wildman–Crippen MR) is 96.6 cm³/mol. The fourth-order valence-corrected chi connectivity index (χ4v) is 2.61. The Morgan fingerprint density at radius 2 is 1.50 bits per heavy atom. The van der Waals surface area contributed by atoms with E-state index in [1.54, 1.807) is 18.3 Å². The number of benzene rings is 2. The van der Waals surface area contributed by atoms with Gasteiger partial charge in [-0.3, -0.25) is 4.98 Å². The first-order chi connectivity index (χ1) is 12.5. The number of azo groups is 1. The van der Waals surface area contributed by atoms with Crippen LogP contribution in [0, 0.1) is 0 Å². The SMILES string of the molecule is O=S(=O)([O-])c1ccc(N=Nc2ccc(NCc3ccccn3)cc2)cc1. The summed E-state index contributed by atoms with van der Waals surface area (Å²) in [5.74, 6) is 0. The quantitative estimate of drug-likeness (QED) is 0.523. The van der Waals surface area contributed by atoms with Crippen LogP contribution in [0.1, 0.15) is 5.69 Å². The molecule has 0 unspecified atom stereocenters. The topological polar surface area (TPSA) is 107 Å². The van der Waals surface area contributed by atoms with Crippen LogP contribution in [0.2, 0.25) is 0 Å². The Morgan fingerprint density at radius 3 is 2.04 bits per heavy atom. The number of nitrogens with zero attached hydrogens (tertiary/aromatic N) is 3. The summed E-state index contributed by atoms with van der Waals surface area (Å²) in [6.45, 7) is 0.622. The van der Waals surface area contributed by atoms with Crippen LogP contribution in [0.15, 0.2) is 88.1 Å². The second-order valence-corrected chi connectivity index (χ2v) is 6.75. The highest BCUT2D eigenvalue weighted by Crippen LogP contribution is 2.21. The van der Waals surface area contributed by atoms with Crippen molar-refractivity contribution in [3.8, 4) is 0 Å². The molecule has 3 rings (SSSR count). The number of hydrogen-bond donors (Lipinski definition) is 1. The zero-order chi connectivity index (χ0) is 18.4. The maximum atomic E-state index is 10.9. The van der Waals surface area contributed by atoms with Gasteiger partial charge < -0.3 is 9.87 Å². The highest BCUT2D eigenvalue weighted by atomic mass is 32.2. The second-order valence-electron chi connectivity index (χ2n) is 5.37. The van der Waals surface area contributed by atoms with Gasteiger partial charge >= 0.3 is 0 Å². The number of pyridine rings is 1. The van der Waals surface area contributed by atoms with Gasteiger partial charge in [-0.15, -0.1) is 0 Å². The molecule has 0 saturated carbocycles. The van der Waals surface area contributed by atoms with Crippen molar-refractivity contribution >= 4 is 27.2 Å². The molecule has 2 aromatic carbocycles. The fourth-order valence-electron chi connectivity index (χ4n) is 2.14. The third-order valence-corrected chi connectivity index (χ3v) is 4.32. The number of hydrogen-bond acceptors (Lipinski definition) is 7. The molecule has 8 heteroatoms. The minimum absolute atomic E-state index is 0.292. The molecule has 0 aliphatic carbocycles. The van der Waals surface area contributed by atoms with Gasteiger partial charge in [0.1, 0.15) is 10.1 Å². The Balaban J connectivity index is 1.61. The minimum Gasteiger partial charge on any atom is -0.744 e. The lowest BCUT2D eigenvalue weighted by Crippen LogP contribution is -2.00. The van der Waals surface area contributed by atoms with Gasteiger partial charge in [0.2, 0.25) is 0 Å². The molecule has 0 saturated heterocycles. The summed E-state index contributed by atoms with van der Waals surface area (Å²) in [6, 6.07) is 18.4. The van der Waals surface area contributed by atoms with Crippen molar-refractivity contribution in [3.63, 3.8) is 0 Å². The van der Waals surface area contributed by atoms with Crippen molar-refractivity contribution in [2.75, 3.05) is 5.32 Å². The lowest BCUT2D eigenvalue weighted by molar-refractivity contribution is 0.463. The molecule has 0 atom stereocenters. The summed E-state index contributed by atoms with van der Waals surface area (Å²) in [6.07, 6.45) is 1.75. The summed E-state index contributed by atoms with van der Waals surface area (Å²) in [5.41, 5.74) is 2.98. The normalized spacial score (nSPS) is 11.6. The molecule has 0 radical (unpaired) electrons. The highest BCUT2D eigenvalue weighted by Gasteiger charge is 2.00. The number of rotatable bonds is 6. The Labute approximate surface area is 151 Å². The molecule has 0 fully saturated rings. The molecule has 0 spiro atoms. The molecule has 0 bridgehead atoms. The number of nitrogens with one attached hydrogen (secondary N) is 1. The monoisotopic (exact) mass is 367 g/mol. The molecule has 0 aliphatic rings. The first kappa shape index (κ1) is 17.7. The molecule has 0 amide bonds. The molecule has 26 heavy (non-hydrogen) atoms. The van der Waals surface area contributed by atoms with E-state index in [1.165, 1.54) is 24.3 Å². The second kappa shape index (κ2) is 7.85. The van der Waals surface area contributed by atoms with E-state index >= 15 is 0 Å². The van der Waals surface area contributed by atoms with Crippen LogP contribution < -0.4 is 5.32 Å². The molecule has 1 heterocycles. The maximum absolute atomic E-state index is 10.9. The molecule has 132 valence electrons. The first-order valence-corrected chi connectivity index (χ1v) is 9.13.